The van der Waals surface area contributed by atoms with Crippen LogP contribution in [0.5, 0.6) is 0 Å². The van der Waals surface area contributed by atoms with Crippen LogP contribution in [0, 0.1) is 0 Å². The minimum absolute atomic E-state index is 0.0715. The second-order valence-corrected chi connectivity index (χ2v) is 5.29. The number of nitrogens with one attached hydrogen (secondary N) is 1. The van der Waals surface area contributed by atoms with Crippen LogP contribution in [0.15, 0.2) is 12.1 Å². The SMILES string of the molecule is CCCc1cc(C(=O)N(C)C(C)CCC)cc(NC)n1. The van der Waals surface area contributed by atoms with Crippen LogP contribution < -0.4 is 5.32 Å². The summed E-state index contributed by atoms with van der Waals surface area (Å²) >= 11 is 0. The molecule has 1 amide bonds. The van der Waals surface area contributed by atoms with Crippen molar-refractivity contribution < 1.29 is 4.79 Å². The molecule has 1 atom stereocenters. The van der Waals surface area contributed by atoms with E-state index in [4.69, 9.17) is 0 Å². The van der Waals surface area contributed by atoms with Crippen LogP contribution >= 0.6 is 0 Å². The Kier molecular flexibility index (Phi) is 6.49. The molecule has 0 radical (unpaired) electrons. The Balaban J connectivity index is 2.99. The van der Waals surface area contributed by atoms with Crippen LogP contribution in [0.2, 0.25) is 0 Å². The molecule has 0 fully saturated rings. The third kappa shape index (κ3) is 4.22. The first-order valence-electron chi connectivity index (χ1n) is 7.49. The molecule has 1 aromatic rings. The number of carbonyl (C=O) groups excluding carboxylic acids is 1. The molecule has 0 aliphatic heterocycles. The third-order valence-electron chi connectivity index (χ3n) is 3.58. The average molecular weight is 277 g/mol. The van der Waals surface area contributed by atoms with Gasteiger partial charge >= 0.3 is 0 Å². The second kappa shape index (κ2) is 7.88. The van der Waals surface area contributed by atoms with Gasteiger partial charge < -0.3 is 10.2 Å². The van der Waals surface area contributed by atoms with E-state index in [1.165, 1.54) is 0 Å². The zero-order valence-corrected chi connectivity index (χ0v) is 13.4. The van der Waals surface area contributed by atoms with Gasteiger partial charge in [0, 0.05) is 31.4 Å². The Morgan fingerprint density at radius 2 is 2.05 bits per heavy atom. The third-order valence-corrected chi connectivity index (χ3v) is 3.58. The summed E-state index contributed by atoms with van der Waals surface area (Å²) in [4.78, 5) is 18.9. The predicted octanol–water partition coefficient (Wildman–Crippen LogP) is 3.34. The molecule has 112 valence electrons. The van der Waals surface area contributed by atoms with E-state index in [0.717, 1.165) is 42.8 Å². The fourth-order valence-electron chi connectivity index (χ4n) is 2.24. The van der Waals surface area contributed by atoms with Crippen molar-refractivity contribution in [2.24, 2.45) is 0 Å². The van der Waals surface area contributed by atoms with Crippen LogP contribution in [0.1, 0.15) is 56.1 Å². The van der Waals surface area contributed by atoms with Crippen molar-refractivity contribution in [3.63, 3.8) is 0 Å². The molecule has 1 heterocycles. The molecule has 0 bridgehead atoms. The molecule has 0 aliphatic carbocycles. The molecular formula is C16H27N3O. The number of amides is 1. The standard InChI is InChI=1S/C16H27N3O/c1-6-8-12(3)19(5)16(20)13-10-14(9-7-2)18-15(11-13)17-4/h10-12H,6-9H2,1-5H3,(H,17,18). The highest BCUT2D eigenvalue weighted by Gasteiger charge is 2.18. The van der Waals surface area contributed by atoms with E-state index in [-0.39, 0.29) is 11.9 Å². The molecule has 0 aliphatic rings. The van der Waals surface area contributed by atoms with Gasteiger partial charge in [-0.3, -0.25) is 4.79 Å². The van der Waals surface area contributed by atoms with E-state index >= 15 is 0 Å². The molecule has 0 spiro atoms. The first-order chi connectivity index (χ1) is 9.53. The van der Waals surface area contributed by atoms with Crippen LogP contribution in [-0.4, -0.2) is 35.9 Å². The lowest BCUT2D eigenvalue weighted by atomic mass is 10.1. The lowest BCUT2D eigenvalue weighted by Crippen LogP contribution is -2.35. The summed E-state index contributed by atoms with van der Waals surface area (Å²) < 4.78 is 0. The largest absolute Gasteiger partial charge is 0.373 e. The topological polar surface area (TPSA) is 45.2 Å². The van der Waals surface area contributed by atoms with Crippen LogP contribution in [0.4, 0.5) is 5.82 Å². The maximum absolute atomic E-state index is 12.6. The smallest absolute Gasteiger partial charge is 0.254 e. The molecule has 1 aromatic heterocycles. The summed E-state index contributed by atoms with van der Waals surface area (Å²) in [5.41, 5.74) is 1.69. The van der Waals surface area contributed by atoms with Gasteiger partial charge in [-0.1, -0.05) is 26.7 Å². The monoisotopic (exact) mass is 277 g/mol. The zero-order valence-electron chi connectivity index (χ0n) is 13.4. The number of hydrogen-bond acceptors (Lipinski definition) is 3. The average Bonchev–Trinajstić information content (AvgIpc) is 2.45. The Morgan fingerprint density at radius 1 is 1.35 bits per heavy atom. The van der Waals surface area contributed by atoms with Gasteiger partial charge in [-0.05, 0) is 31.9 Å². The normalized spacial score (nSPS) is 12.1. The molecule has 1 unspecified atom stereocenters. The lowest BCUT2D eigenvalue weighted by molar-refractivity contribution is 0.0736. The number of aromatic nitrogens is 1. The van der Waals surface area contributed by atoms with Gasteiger partial charge in [0.15, 0.2) is 0 Å². The zero-order chi connectivity index (χ0) is 15.1. The molecule has 4 nitrogen and oxygen atoms in total. The number of pyridine rings is 1. The summed E-state index contributed by atoms with van der Waals surface area (Å²) in [7, 11) is 3.71. The van der Waals surface area contributed by atoms with Crippen LogP contribution in [-0.2, 0) is 6.42 Å². The fraction of sp³-hybridized carbons (Fsp3) is 0.625. The highest BCUT2D eigenvalue weighted by atomic mass is 16.2. The second-order valence-electron chi connectivity index (χ2n) is 5.29. The quantitative estimate of drug-likeness (QED) is 0.831. The highest BCUT2D eigenvalue weighted by molar-refractivity contribution is 5.95. The van der Waals surface area contributed by atoms with Crippen LogP contribution in [0.3, 0.4) is 0 Å². The van der Waals surface area contributed by atoms with Crippen molar-refractivity contribution in [1.29, 1.82) is 0 Å². The number of carbonyl (C=O) groups is 1. The lowest BCUT2D eigenvalue weighted by Gasteiger charge is -2.25. The molecule has 1 rings (SSSR count). The van der Waals surface area contributed by atoms with Crippen molar-refractivity contribution >= 4 is 11.7 Å². The minimum atomic E-state index is 0.0715. The van der Waals surface area contributed by atoms with Gasteiger partial charge in [0.25, 0.3) is 5.91 Å². The van der Waals surface area contributed by atoms with Gasteiger partial charge in [0.1, 0.15) is 5.82 Å². The van der Waals surface area contributed by atoms with Crippen molar-refractivity contribution in [3.05, 3.63) is 23.4 Å². The van der Waals surface area contributed by atoms with Crippen molar-refractivity contribution in [1.82, 2.24) is 9.88 Å². The minimum Gasteiger partial charge on any atom is -0.373 e. The molecule has 20 heavy (non-hydrogen) atoms. The van der Waals surface area contributed by atoms with E-state index < -0.39 is 0 Å². The maximum Gasteiger partial charge on any atom is 0.254 e. The van der Waals surface area contributed by atoms with Gasteiger partial charge in [0.05, 0.1) is 0 Å². The van der Waals surface area contributed by atoms with Gasteiger partial charge in [-0.25, -0.2) is 4.98 Å². The van der Waals surface area contributed by atoms with E-state index in [0.29, 0.717) is 0 Å². The predicted molar refractivity (Wildman–Crippen MR) is 84.2 cm³/mol. The summed E-state index contributed by atoms with van der Waals surface area (Å²) in [6.07, 6.45) is 4.02. The Morgan fingerprint density at radius 3 is 2.60 bits per heavy atom. The molecule has 0 saturated carbocycles. The Hall–Kier alpha value is -1.58. The maximum atomic E-state index is 12.6. The van der Waals surface area contributed by atoms with E-state index in [1.54, 1.807) is 0 Å². The molecular weight excluding hydrogens is 250 g/mol. The molecule has 1 N–H and O–H groups in total. The first-order valence-corrected chi connectivity index (χ1v) is 7.49. The summed E-state index contributed by atoms with van der Waals surface area (Å²) in [6, 6.07) is 4.01. The van der Waals surface area contributed by atoms with Gasteiger partial charge in [-0.15, -0.1) is 0 Å². The number of nitrogens with zero attached hydrogens (tertiary/aromatic N) is 2. The van der Waals surface area contributed by atoms with E-state index in [1.807, 2.05) is 31.1 Å². The summed E-state index contributed by atoms with van der Waals surface area (Å²) in [5, 5.41) is 3.03. The summed E-state index contributed by atoms with van der Waals surface area (Å²) in [6.45, 7) is 6.35. The first kappa shape index (κ1) is 16.5. The number of hydrogen-bond donors (Lipinski definition) is 1. The Bertz CT molecular complexity index is 445. The number of anilines is 1. The molecule has 0 saturated heterocycles. The highest BCUT2D eigenvalue weighted by Crippen LogP contribution is 2.15. The van der Waals surface area contributed by atoms with E-state index in [9.17, 15) is 4.79 Å². The van der Waals surface area contributed by atoms with Crippen LogP contribution in [0.25, 0.3) is 0 Å². The van der Waals surface area contributed by atoms with Crippen molar-refractivity contribution in [3.8, 4) is 0 Å². The summed E-state index contributed by atoms with van der Waals surface area (Å²) in [5.74, 6) is 0.832. The molecule has 0 aromatic carbocycles. The van der Waals surface area contributed by atoms with Gasteiger partial charge in [-0.2, -0.15) is 0 Å². The van der Waals surface area contributed by atoms with Gasteiger partial charge in [0.2, 0.25) is 0 Å². The van der Waals surface area contributed by atoms with E-state index in [2.05, 4.69) is 31.1 Å². The molecule has 4 heteroatoms. The fourth-order valence-corrected chi connectivity index (χ4v) is 2.24. The van der Waals surface area contributed by atoms with Crippen molar-refractivity contribution in [2.45, 2.75) is 52.5 Å². The van der Waals surface area contributed by atoms with Crippen molar-refractivity contribution in [2.75, 3.05) is 19.4 Å². The number of aryl methyl sites for hydroxylation is 1. The Labute approximate surface area is 122 Å². The number of rotatable bonds is 7.